The third-order valence-corrected chi connectivity index (χ3v) is 4.47. The van der Waals surface area contributed by atoms with Crippen molar-refractivity contribution in [1.82, 2.24) is 0 Å². The number of methoxy groups -OCH3 is 2. The fourth-order valence-corrected chi connectivity index (χ4v) is 3.20. The van der Waals surface area contributed by atoms with Crippen molar-refractivity contribution in [3.8, 4) is 23.0 Å². The van der Waals surface area contributed by atoms with Gasteiger partial charge in [-0.05, 0) is 35.7 Å². The van der Waals surface area contributed by atoms with Crippen LogP contribution in [0.4, 0.5) is 0 Å². The SMILES string of the molecule is C=CCc1cc(OC)c2c(c1)[C@@H](C)[C@H](c1ccc(O)c(OC)c1)O2. The molecule has 0 saturated heterocycles. The highest BCUT2D eigenvalue weighted by atomic mass is 16.5. The Kier molecular flexibility index (Phi) is 4.38. The fourth-order valence-electron chi connectivity index (χ4n) is 3.20. The van der Waals surface area contributed by atoms with Gasteiger partial charge in [-0.1, -0.05) is 25.1 Å². The number of hydrogen-bond acceptors (Lipinski definition) is 4. The number of hydrogen-bond donors (Lipinski definition) is 1. The van der Waals surface area contributed by atoms with Gasteiger partial charge in [0.25, 0.3) is 0 Å². The lowest BCUT2D eigenvalue weighted by Gasteiger charge is -2.17. The maximum Gasteiger partial charge on any atom is 0.165 e. The molecule has 2 atom stereocenters. The van der Waals surface area contributed by atoms with Gasteiger partial charge in [-0.2, -0.15) is 0 Å². The van der Waals surface area contributed by atoms with E-state index < -0.39 is 0 Å². The Balaban J connectivity index is 2.01. The average Bonchev–Trinajstić information content (AvgIpc) is 2.92. The van der Waals surface area contributed by atoms with E-state index in [1.165, 1.54) is 7.11 Å². The summed E-state index contributed by atoms with van der Waals surface area (Å²) in [5.41, 5.74) is 3.24. The largest absolute Gasteiger partial charge is 0.504 e. The van der Waals surface area contributed by atoms with Gasteiger partial charge in [-0.3, -0.25) is 0 Å². The number of allylic oxidation sites excluding steroid dienone is 1. The van der Waals surface area contributed by atoms with Crippen molar-refractivity contribution in [3.63, 3.8) is 0 Å². The van der Waals surface area contributed by atoms with Gasteiger partial charge >= 0.3 is 0 Å². The number of benzene rings is 2. The first kappa shape index (κ1) is 16.2. The molecule has 0 amide bonds. The highest BCUT2D eigenvalue weighted by Gasteiger charge is 2.35. The second-order valence-electron chi connectivity index (χ2n) is 5.97. The van der Waals surface area contributed by atoms with E-state index in [9.17, 15) is 5.11 Å². The van der Waals surface area contributed by atoms with Gasteiger partial charge in [0.1, 0.15) is 6.10 Å². The molecular formula is C20H22O4. The molecule has 24 heavy (non-hydrogen) atoms. The molecule has 126 valence electrons. The predicted octanol–water partition coefficient (Wildman–Crippen LogP) is 4.38. The summed E-state index contributed by atoms with van der Waals surface area (Å²) in [4.78, 5) is 0. The van der Waals surface area contributed by atoms with Crippen LogP contribution in [-0.2, 0) is 6.42 Å². The summed E-state index contributed by atoms with van der Waals surface area (Å²) in [6.45, 7) is 5.94. The van der Waals surface area contributed by atoms with E-state index in [0.717, 1.165) is 34.6 Å². The molecule has 1 N–H and O–H groups in total. The first-order valence-electron chi connectivity index (χ1n) is 7.94. The van der Waals surface area contributed by atoms with Crippen molar-refractivity contribution in [3.05, 3.63) is 59.7 Å². The van der Waals surface area contributed by atoms with Crippen LogP contribution in [0.5, 0.6) is 23.0 Å². The van der Waals surface area contributed by atoms with Crippen LogP contribution in [0.3, 0.4) is 0 Å². The highest BCUT2D eigenvalue weighted by Crippen LogP contribution is 2.51. The van der Waals surface area contributed by atoms with E-state index in [1.54, 1.807) is 13.2 Å². The van der Waals surface area contributed by atoms with Crippen LogP contribution < -0.4 is 14.2 Å². The summed E-state index contributed by atoms with van der Waals surface area (Å²) >= 11 is 0. The summed E-state index contributed by atoms with van der Waals surface area (Å²) in [5.74, 6) is 2.25. The van der Waals surface area contributed by atoms with Crippen molar-refractivity contribution in [2.75, 3.05) is 14.2 Å². The maximum atomic E-state index is 9.80. The Morgan fingerprint density at radius 1 is 1.17 bits per heavy atom. The molecule has 0 spiro atoms. The van der Waals surface area contributed by atoms with Crippen LogP contribution in [0.1, 0.15) is 35.6 Å². The Hall–Kier alpha value is -2.62. The van der Waals surface area contributed by atoms with Crippen LogP contribution >= 0.6 is 0 Å². The summed E-state index contributed by atoms with van der Waals surface area (Å²) in [6.07, 6.45) is 2.51. The van der Waals surface area contributed by atoms with Crippen LogP contribution in [0.25, 0.3) is 0 Å². The molecule has 2 aromatic carbocycles. The number of rotatable bonds is 5. The van der Waals surface area contributed by atoms with E-state index in [4.69, 9.17) is 14.2 Å². The van der Waals surface area contributed by atoms with Gasteiger partial charge in [0, 0.05) is 11.5 Å². The van der Waals surface area contributed by atoms with E-state index in [1.807, 2.05) is 24.3 Å². The van der Waals surface area contributed by atoms with Gasteiger partial charge in [0.15, 0.2) is 23.0 Å². The van der Waals surface area contributed by atoms with Crippen LogP contribution in [-0.4, -0.2) is 19.3 Å². The first-order valence-corrected chi connectivity index (χ1v) is 7.94. The normalized spacial score (nSPS) is 18.6. The lowest BCUT2D eigenvalue weighted by Crippen LogP contribution is -2.07. The molecule has 4 heteroatoms. The molecule has 1 heterocycles. The third kappa shape index (κ3) is 2.68. The van der Waals surface area contributed by atoms with E-state index in [0.29, 0.717) is 5.75 Å². The quantitative estimate of drug-likeness (QED) is 0.829. The summed E-state index contributed by atoms with van der Waals surface area (Å²) in [5, 5.41) is 9.80. The summed E-state index contributed by atoms with van der Waals surface area (Å²) < 4.78 is 16.9. The molecular weight excluding hydrogens is 304 g/mol. The highest BCUT2D eigenvalue weighted by molar-refractivity contribution is 5.55. The van der Waals surface area contributed by atoms with E-state index >= 15 is 0 Å². The molecule has 0 saturated carbocycles. The first-order chi connectivity index (χ1) is 11.6. The standard InChI is InChI=1S/C20H22O4/c1-5-6-13-9-15-12(2)19(24-20(15)18(10-13)23-4)14-7-8-16(21)17(11-14)22-3/h5,7-12,19,21H,1,6H2,2-4H3/t12-,19-/m1/s1. The number of fused-ring (bicyclic) bond motifs is 1. The Morgan fingerprint density at radius 3 is 2.58 bits per heavy atom. The monoisotopic (exact) mass is 326 g/mol. The minimum atomic E-state index is -0.151. The van der Waals surface area contributed by atoms with Gasteiger partial charge in [0.05, 0.1) is 14.2 Å². The van der Waals surface area contributed by atoms with Crippen LogP contribution in [0.2, 0.25) is 0 Å². The third-order valence-electron chi connectivity index (χ3n) is 4.47. The number of phenols is 1. The van der Waals surface area contributed by atoms with Crippen LogP contribution in [0, 0.1) is 0 Å². The minimum absolute atomic E-state index is 0.121. The molecule has 1 aliphatic rings. The van der Waals surface area contributed by atoms with Crippen molar-refractivity contribution < 1.29 is 19.3 Å². The average molecular weight is 326 g/mol. The second kappa shape index (κ2) is 6.48. The molecule has 1 aliphatic heterocycles. The molecule has 0 radical (unpaired) electrons. The van der Waals surface area contributed by atoms with Crippen molar-refractivity contribution in [2.45, 2.75) is 25.4 Å². The number of phenolic OH excluding ortho intramolecular Hbond substituents is 1. The fraction of sp³-hybridized carbons (Fsp3) is 0.300. The van der Waals surface area contributed by atoms with Crippen molar-refractivity contribution in [1.29, 1.82) is 0 Å². The predicted molar refractivity (Wildman–Crippen MR) is 93.3 cm³/mol. The second-order valence-corrected chi connectivity index (χ2v) is 5.97. The van der Waals surface area contributed by atoms with Crippen molar-refractivity contribution >= 4 is 0 Å². The molecule has 2 aromatic rings. The zero-order valence-corrected chi connectivity index (χ0v) is 14.2. The molecule has 0 aliphatic carbocycles. The molecule has 0 bridgehead atoms. The molecule has 0 aromatic heterocycles. The smallest absolute Gasteiger partial charge is 0.165 e. The minimum Gasteiger partial charge on any atom is -0.504 e. The topological polar surface area (TPSA) is 47.9 Å². The molecule has 0 unspecified atom stereocenters. The Morgan fingerprint density at radius 2 is 1.92 bits per heavy atom. The molecule has 0 fully saturated rings. The number of ether oxygens (including phenoxy) is 3. The molecule has 3 rings (SSSR count). The molecule has 4 nitrogen and oxygen atoms in total. The summed E-state index contributed by atoms with van der Waals surface area (Å²) in [6, 6.07) is 9.46. The van der Waals surface area contributed by atoms with Gasteiger partial charge < -0.3 is 19.3 Å². The zero-order valence-electron chi connectivity index (χ0n) is 14.2. The lowest BCUT2D eigenvalue weighted by molar-refractivity contribution is 0.207. The Labute approximate surface area is 142 Å². The van der Waals surface area contributed by atoms with Gasteiger partial charge in [-0.25, -0.2) is 0 Å². The zero-order chi connectivity index (χ0) is 17.3. The van der Waals surface area contributed by atoms with Gasteiger partial charge in [0.2, 0.25) is 0 Å². The van der Waals surface area contributed by atoms with Crippen molar-refractivity contribution in [2.24, 2.45) is 0 Å². The van der Waals surface area contributed by atoms with E-state index in [-0.39, 0.29) is 17.8 Å². The van der Waals surface area contributed by atoms with Gasteiger partial charge in [-0.15, -0.1) is 6.58 Å². The summed E-state index contributed by atoms with van der Waals surface area (Å²) in [7, 11) is 3.19. The number of aromatic hydroxyl groups is 1. The van der Waals surface area contributed by atoms with Crippen LogP contribution in [0.15, 0.2) is 43.0 Å². The lowest BCUT2D eigenvalue weighted by atomic mass is 9.91. The maximum absolute atomic E-state index is 9.80. The Bertz CT molecular complexity index is 766. The van der Waals surface area contributed by atoms with E-state index in [2.05, 4.69) is 19.6 Å².